The maximum absolute atomic E-state index is 5.14. The van der Waals surface area contributed by atoms with Gasteiger partial charge in [-0.25, -0.2) is 0 Å². The molecule has 0 spiro atoms. The minimum atomic E-state index is 0.729. The lowest BCUT2D eigenvalue weighted by Gasteiger charge is -2.29. The molecule has 0 aromatic carbocycles. The van der Waals surface area contributed by atoms with Crippen LogP contribution in [0.2, 0.25) is 0 Å². The van der Waals surface area contributed by atoms with Crippen molar-refractivity contribution < 1.29 is 4.74 Å². The van der Waals surface area contributed by atoms with E-state index in [-0.39, 0.29) is 0 Å². The molecule has 96 valence electrons. The largest absolute Gasteiger partial charge is 0.384 e. The number of methoxy groups -OCH3 is 1. The van der Waals surface area contributed by atoms with E-state index in [1.165, 1.54) is 38.5 Å². The molecule has 0 bridgehead atoms. The smallest absolute Gasteiger partial charge is 0.0553 e. The van der Waals surface area contributed by atoms with Crippen molar-refractivity contribution in [1.29, 1.82) is 0 Å². The summed E-state index contributed by atoms with van der Waals surface area (Å²) >= 11 is 2.11. The maximum atomic E-state index is 5.14. The Morgan fingerprint density at radius 3 is 2.62 bits per heavy atom. The Morgan fingerprint density at radius 2 is 1.94 bits per heavy atom. The van der Waals surface area contributed by atoms with E-state index in [4.69, 9.17) is 4.74 Å². The molecular weight excluding hydrogens is 218 g/mol. The molecular formula is C13H27NOS. The second-order valence-corrected chi connectivity index (χ2v) is 5.90. The van der Waals surface area contributed by atoms with Gasteiger partial charge in [0.15, 0.2) is 0 Å². The van der Waals surface area contributed by atoms with Crippen LogP contribution in [0.3, 0.4) is 0 Å². The molecule has 0 aromatic rings. The molecule has 0 radical (unpaired) electrons. The first-order valence-electron chi connectivity index (χ1n) is 6.72. The Balaban J connectivity index is 2.36. The first-order valence-corrected chi connectivity index (χ1v) is 7.77. The van der Waals surface area contributed by atoms with Gasteiger partial charge in [-0.2, -0.15) is 11.8 Å². The summed E-state index contributed by atoms with van der Waals surface area (Å²) in [6, 6.07) is 0.729. The summed E-state index contributed by atoms with van der Waals surface area (Å²) in [7, 11) is 1.79. The molecule has 0 aromatic heterocycles. The van der Waals surface area contributed by atoms with Crippen molar-refractivity contribution in [2.45, 2.75) is 56.7 Å². The average Bonchev–Trinajstić information content (AvgIpc) is 2.26. The van der Waals surface area contributed by atoms with Crippen molar-refractivity contribution >= 4 is 11.8 Å². The van der Waals surface area contributed by atoms with Crippen LogP contribution in [0.4, 0.5) is 0 Å². The number of ether oxygens (including phenoxy) is 1. The quantitative estimate of drug-likeness (QED) is 0.727. The Hall–Kier alpha value is 0.270. The van der Waals surface area contributed by atoms with Crippen LogP contribution < -0.4 is 5.32 Å². The number of rotatable bonds is 6. The SMILES string of the molecule is CCNC1CCCCCCC1SCCOC. The summed E-state index contributed by atoms with van der Waals surface area (Å²) in [6.45, 7) is 4.21. The van der Waals surface area contributed by atoms with Crippen LogP contribution >= 0.6 is 11.8 Å². The molecule has 1 saturated carbocycles. The number of nitrogens with one attached hydrogen (secondary N) is 1. The molecule has 3 heteroatoms. The Kier molecular flexibility index (Phi) is 8.34. The minimum Gasteiger partial charge on any atom is -0.384 e. The molecule has 0 saturated heterocycles. The highest BCUT2D eigenvalue weighted by molar-refractivity contribution is 7.99. The van der Waals surface area contributed by atoms with E-state index < -0.39 is 0 Å². The van der Waals surface area contributed by atoms with E-state index in [9.17, 15) is 0 Å². The molecule has 1 rings (SSSR count). The second-order valence-electron chi connectivity index (χ2n) is 4.56. The van der Waals surface area contributed by atoms with Crippen molar-refractivity contribution in [1.82, 2.24) is 5.32 Å². The zero-order chi connectivity index (χ0) is 11.6. The molecule has 1 fully saturated rings. The topological polar surface area (TPSA) is 21.3 Å². The van der Waals surface area contributed by atoms with Crippen molar-refractivity contribution in [3.05, 3.63) is 0 Å². The Morgan fingerprint density at radius 1 is 1.19 bits per heavy atom. The van der Waals surface area contributed by atoms with Gasteiger partial charge in [0.25, 0.3) is 0 Å². The molecule has 2 atom stereocenters. The number of hydrogen-bond donors (Lipinski definition) is 1. The van der Waals surface area contributed by atoms with Gasteiger partial charge in [0.2, 0.25) is 0 Å². The lowest BCUT2D eigenvalue weighted by molar-refractivity contribution is 0.218. The summed E-state index contributed by atoms with van der Waals surface area (Å²) < 4.78 is 5.14. The van der Waals surface area contributed by atoms with Gasteiger partial charge in [-0.1, -0.05) is 32.6 Å². The molecule has 0 amide bonds. The molecule has 0 heterocycles. The van der Waals surface area contributed by atoms with Gasteiger partial charge in [-0.3, -0.25) is 0 Å². The van der Waals surface area contributed by atoms with Crippen molar-refractivity contribution in [3.8, 4) is 0 Å². The van der Waals surface area contributed by atoms with E-state index >= 15 is 0 Å². The molecule has 1 N–H and O–H groups in total. The highest BCUT2D eigenvalue weighted by Gasteiger charge is 2.21. The predicted molar refractivity (Wildman–Crippen MR) is 73.3 cm³/mol. The summed E-state index contributed by atoms with van der Waals surface area (Å²) in [6.07, 6.45) is 8.41. The second kappa shape index (κ2) is 9.32. The third-order valence-corrected chi connectivity index (χ3v) is 4.68. The van der Waals surface area contributed by atoms with Crippen molar-refractivity contribution in [3.63, 3.8) is 0 Å². The highest BCUT2D eigenvalue weighted by Crippen LogP contribution is 2.27. The zero-order valence-corrected chi connectivity index (χ0v) is 11.7. The Bertz CT molecular complexity index is 166. The highest BCUT2D eigenvalue weighted by atomic mass is 32.2. The van der Waals surface area contributed by atoms with Crippen LogP contribution in [0.15, 0.2) is 0 Å². The van der Waals surface area contributed by atoms with Gasteiger partial charge in [0.1, 0.15) is 0 Å². The molecule has 1 aliphatic rings. The van der Waals surface area contributed by atoms with Gasteiger partial charge in [-0.05, 0) is 19.4 Å². The number of thioether (sulfide) groups is 1. The first-order chi connectivity index (χ1) is 7.88. The van der Waals surface area contributed by atoms with Crippen LogP contribution in [0, 0.1) is 0 Å². The molecule has 2 unspecified atom stereocenters. The summed E-state index contributed by atoms with van der Waals surface area (Å²) in [4.78, 5) is 0. The van der Waals surface area contributed by atoms with E-state index in [2.05, 4.69) is 24.0 Å². The van der Waals surface area contributed by atoms with E-state index in [1.807, 2.05) is 0 Å². The molecule has 1 aliphatic carbocycles. The maximum Gasteiger partial charge on any atom is 0.0553 e. The fourth-order valence-corrected chi connectivity index (χ4v) is 3.79. The fraction of sp³-hybridized carbons (Fsp3) is 1.00. The van der Waals surface area contributed by atoms with Crippen molar-refractivity contribution in [2.75, 3.05) is 26.0 Å². The summed E-state index contributed by atoms with van der Waals surface area (Å²) in [5.74, 6) is 1.14. The summed E-state index contributed by atoms with van der Waals surface area (Å²) in [5, 5.41) is 4.47. The fourth-order valence-electron chi connectivity index (χ4n) is 2.43. The third kappa shape index (κ3) is 5.55. The van der Waals surface area contributed by atoms with E-state index in [0.29, 0.717) is 0 Å². The average molecular weight is 245 g/mol. The zero-order valence-electron chi connectivity index (χ0n) is 10.8. The normalized spacial score (nSPS) is 27.4. The van der Waals surface area contributed by atoms with Gasteiger partial charge in [0, 0.05) is 24.2 Å². The number of hydrogen-bond acceptors (Lipinski definition) is 3. The van der Waals surface area contributed by atoms with Gasteiger partial charge >= 0.3 is 0 Å². The van der Waals surface area contributed by atoms with Crippen LogP contribution in [0.5, 0.6) is 0 Å². The van der Waals surface area contributed by atoms with Crippen LogP contribution in [-0.2, 0) is 4.74 Å². The van der Waals surface area contributed by atoms with Crippen LogP contribution in [0.25, 0.3) is 0 Å². The minimum absolute atomic E-state index is 0.729. The van der Waals surface area contributed by atoms with Crippen LogP contribution in [0.1, 0.15) is 45.4 Å². The standard InChI is InChI=1S/C13H27NOS/c1-3-14-12-8-6-4-5-7-9-13(12)16-11-10-15-2/h12-14H,3-11H2,1-2H3. The lowest BCUT2D eigenvalue weighted by atomic mass is 9.96. The third-order valence-electron chi connectivity index (χ3n) is 3.29. The van der Waals surface area contributed by atoms with Gasteiger partial charge in [-0.15, -0.1) is 0 Å². The first kappa shape index (κ1) is 14.3. The molecule has 0 aliphatic heterocycles. The lowest BCUT2D eigenvalue weighted by Crippen LogP contribution is -2.39. The molecule has 2 nitrogen and oxygen atoms in total. The van der Waals surface area contributed by atoms with Crippen LogP contribution in [-0.4, -0.2) is 37.3 Å². The van der Waals surface area contributed by atoms with Crippen molar-refractivity contribution in [2.24, 2.45) is 0 Å². The van der Waals surface area contributed by atoms with Gasteiger partial charge in [0.05, 0.1) is 6.61 Å². The summed E-state index contributed by atoms with van der Waals surface area (Å²) in [5.41, 5.74) is 0. The Labute approximate surface area is 105 Å². The molecule has 16 heavy (non-hydrogen) atoms. The predicted octanol–water partition coefficient (Wildman–Crippen LogP) is 3.07. The monoisotopic (exact) mass is 245 g/mol. The van der Waals surface area contributed by atoms with Gasteiger partial charge < -0.3 is 10.1 Å². The van der Waals surface area contributed by atoms with E-state index in [1.54, 1.807) is 7.11 Å². The van der Waals surface area contributed by atoms with E-state index in [0.717, 1.165) is 30.2 Å².